The maximum Gasteiger partial charge on any atom is 0.183 e. The third-order valence-corrected chi connectivity index (χ3v) is 2.39. The quantitative estimate of drug-likeness (QED) is 0.802. The second-order valence-electron chi connectivity index (χ2n) is 3.56. The summed E-state index contributed by atoms with van der Waals surface area (Å²) in [6.45, 7) is 3.37. The second kappa shape index (κ2) is 4.80. The lowest BCUT2D eigenvalue weighted by Gasteiger charge is -2.05. The molecule has 2 rings (SSSR count). The molecule has 2 aromatic heterocycles. The van der Waals surface area contributed by atoms with E-state index >= 15 is 0 Å². The number of tetrazole rings is 1. The Labute approximate surface area is 93.5 Å². The number of nitrogens with two attached hydrogens (primary N) is 1. The van der Waals surface area contributed by atoms with Crippen LogP contribution in [0.5, 0.6) is 0 Å². The average molecular weight is 218 g/mol. The van der Waals surface area contributed by atoms with Crippen LogP contribution in [0.3, 0.4) is 0 Å². The highest BCUT2D eigenvalue weighted by molar-refractivity contribution is 5.57. The van der Waals surface area contributed by atoms with Gasteiger partial charge >= 0.3 is 0 Å². The van der Waals surface area contributed by atoms with Gasteiger partial charge in [-0.05, 0) is 41.9 Å². The molecule has 0 saturated heterocycles. The Kier molecular flexibility index (Phi) is 3.21. The zero-order valence-corrected chi connectivity index (χ0v) is 9.17. The van der Waals surface area contributed by atoms with E-state index in [4.69, 9.17) is 5.73 Å². The van der Waals surface area contributed by atoms with E-state index in [2.05, 4.69) is 20.5 Å². The Morgan fingerprint density at radius 3 is 3.06 bits per heavy atom. The van der Waals surface area contributed by atoms with Gasteiger partial charge in [0.05, 0.1) is 0 Å². The molecule has 2 heterocycles. The number of pyridine rings is 1. The lowest BCUT2D eigenvalue weighted by molar-refractivity contribution is 0.568. The van der Waals surface area contributed by atoms with Gasteiger partial charge in [0.2, 0.25) is 0 Å². The Morgan fingerprint density at radius 1 is 1.44 bits per heavy atom. The van der Waals surface area contributed by atoms with Crippen LogP contribution in [0.25, 0.3) is 11.4 Å². The molecule has 84 valence electrons. The molecule has 2 aromatic rings. The monoisotopic (exact) mass is 218 g/mol. The van der Waals surface area contributed by atoms with Crippen molar-refractivity contribution in [2.75, 3.05) is 6.54 Å². The third-order valence-electron chi connectivity index (χ3n) is 2.39. The van der Waals surface area contributed by atoms with Gasteiger partial charge < -0.3 is 5.73 Å². The predicted molar refractivity (Wildman–Crippen MR) is 59.5 cm³/mol. The van der Waals surface area contributed by atoms with Crippen LogP contribution in [0.2, 0.25) is 0 Å². The van der Waals surface area contributed by atoms with Gasteiger partial charge in [0.15, 0.2) is 5.82 Å². The molecule has 0 aliphatic heterocycles. The minimum atomic E-state index is 0.630. The van der Waals surface area contributed by atoms with Crippen LogP contribution >= 0.6 is 0 Å². The fourth-order valence-corrected chi connectivity index (χ4v) is 1.49. The summed E-state index contributed by atoms with van der Waals surface area (Å²) in [6, 6.07) is 1.94. The van der Waals surface area contributed by atoms with Crippen LogP contribution in [-0.2, 0) is 6.54 Å². The number of hydrogen-bond acceptors (Lipinski definition) is 5. The summed E-state index contributed by atoms with van der Waals surface area (Å²) in [5.41, 5.74) is 7.54. The first-order valence-electron chi connectivity index (χ1n) is 5.20. The van der Waals surface area contributed by atoms with Crippen LogP contribution in [0.1, 0.15) is 12.0 Å². The van der Waals surface area contributed by atoms with Crippen molar-refractivity contribution in [3.63, 3.8) is 0 Å². The largest absolute Gasteiger partial charge is 0.330 e. The smallest absolute Gasteiger partial charge is 0.183 e. The predicted octanol–water partition coefficient (Wildman–Crippen LogP) is 0.392. The minimum Gasteiger partial charge on any atom is -0.330 e. The molecule has 0 atom stereocenters. The van der Waals surface area contributed by atoms with Crippen molar-refractivity contribution in [2.45, 2.75) is 19.9 Å². The number of hydrogen-bond donors (Lipinski definition) is 1. The van der Waals surface area contributed by atoms with Gasteiger partial charge in [-0.2, -0.15) is 0 Å². The van der Waals surface area contributed by atoms with E-state index in [1.165, 1.54) is 0 Å². The van der Waals surface area contributed by atoms with Crippen molar-refractivity contribution in [2.24, 2.45) is 5.73 Å². The highest BCUT2D eigenvalue weighted by Gasteiger charge is 2.10. The first-order chi connectivity index (χ1) is 7.83. The zero-order valence-electron chi connectivity index (χ0n) is 9.17. The van der Waals surface area contributed by atoms with Crippen molar-refractivity contribution in [1.82, 2.24) is 25.2 Å². The number of nitrogens with zero attached hydrogens (tertiary/aromatic N) is 5. The van der Waals surface area contributed by atoms with Crippen molar-refractivity contribution in [3.8, 4) is 11.4 Å². The molecule has 2 N–H and O–H groups in total. The Hall–Kier alpha value is -1.82. The first-order valence-corrected chi connectivity index (χ1v) is 5.20. The molecule has 0 radical (unpaired) electrons. The zero-order chi connectivity index (χ0) is 11.4. The van der Waals surface area contributed by atoms with Crippen LogP contribution in [0.15, 0.2) is 18.5 Å². The number of aromatic nitrogens is 5. The normalized spacial score (nSPS) is 10.6. The summed E-state index contributed by atoms with van der Waals surface area (Å²) in [6.07, 6.45) is 4.39. The lowest BCUT2D eigenvalue weighted by atomic mass is 10.1. The summed E-state index contributed by atoms with van der Waals surface area (Å²) in [7, 11) is 0. The van der Waals surface area contributed by atoms with Crippen molar-refractivity contribution < 1.29 is 0 Å². The van der Waals surface area contributed by atoms with Crippen molar-refractivity contribution >= 4 is 0 Å². The maximum atomic E-state index is 5.47. The molecule has 6 heteroatoms. The molecule has 0 fully saturated rings. The standard InChI is InChI=1S/C10H14N6/c1-8-3-5-12-7-9(8)10-13-14-15-16(10)6-2-4-11/h3,5,7H,2,4,6,11H2,1H3. The molecular weight excluding hydrogens is 204 g/mol. The number of aryl methyl sites for hydroxylation is 2. The van der Waals surface area contributed by atoms with E-state index in [1.54, 1.807) is 17.1 Å². The fraction of sp³-hybridized carbons (Fsp3) is 0.400. The van der Waals surface area contributed by atoms with Crippen LogP contribution in [0.4, 0.5) is 0 Å². The van der Waals surface area contributed by atoms with Crippen molar-refractivity contribution in [1.29, 1.82) is 0 Å². The molecule has 0 spiro atoms. The summed E-state index contributed by atoms with van der Waals surface area (Å²) < 4.78 is 1.76. The van der Waals surface area contributed by atoms with Crippen LogP contribution in [0, 0.1) is 6.92 Å². The molecule has 6 nitrogen and oxygen atoms in total. The van der Waals surface area contributed by atoms with E-state index < -0.39 is 0 Å². The van der Waals surface area contributed by atoms with E-state index in [0.29, 0.717) is 6.54 Å². The average Bonchev–Trinajstić information content (AvgIpc) is 2.75. The lowest BCUT2D eigenvalue weighted by Crippen LogP contribution is -2.08. The van der Waals surface area contributed by atoms with E-state index in [1.807, 2.05) is 13.0 Å². The van der Waals surface area contributed by atoms with Crippen LogP contribution < -0.4 is 5.73 Å². The highest BCUT2D eigenvalue weighted by atomic mass is 15.5. The molecule has 0 aliphatic rings. The summed E-state index contributed by atoms with van der Waals surface area (Å²) in [5.74, 6) is 0.749. The molecule has 0 bridgehead atoms. The first kappa shape index (κ1) is 10.7. The Bertz CT molecular complexity index is 464. The van der Waals surface area contributed by atoms with Gasteiger partial charge in [0.25, 0.3) is 0 Å². The van der Waals surface area contributed by atoms with E-state index in [9.17, 15) is 0 Å². The Morgan fingerprint density at radius 2 is 2.31 bits per heavy atom. The highest BCUT2D eigenvalue weighted by Crippen LogP contribution is 2.18. The number of rotatable bonds is 4. The summed E-state index contributed by atoms with van der Waals surface area (Å²) in [4.78, 5) is 4.09. The molecule has 0 aliphatic carbocycles. The van der Waals surface area contributed by atoms with E-state index in [-0.39, 0.29) is 0 Å². The van der Waals surface area contributed by atoms with Gasteiger partial charge in [-0.1, -0.05) is 0 Å². The maximum absolute atomic E-state index is 5.47. The molecule has 0 saturated carbocycles. The van der Waals surface area contributed by atoms with Gasteiger partial charge in [0, 0.05) is 24.5 Å². The molecular formula is C10H14N6. The SMILES string of the molecule is Cc1ccncc1-c1nnnn1CCCN. The summed E-state index contributed by atoms with van der Waals surface area (Å²) >= 11 is 0. The third kappa shape index (κ3) is 2.06. The summed E-state index contributed by atoms with van der Waals surface area (Å²) in [5, 5.41) is 11.7. The van der Waals surface area contributed by atoms with Crippen LogP contribution in [-0.4, -0.2) is 31.7 Å². The molecule has 0 aromatic carbocycles. The van der Waals surface area contributed by atoms with E-state index in [0.717, 1.165) is 29.9 Å². The van der Waals surface area contributed by atoms with Crippen molar-refractivity contribution in [3.05, 3.63) is 24.0 Å². The molecule has 16 heavy (non-hydrogen) atoms. The van der Waals surface area contributed by atoms with Gasteiger partial charge in [-0.15, -0.1) is 5.10 Å². The molecule has 0 unspecified atom stereocenters. The second-order valence-corrected chi connectivity index (χ2v) is 3.56. The van der Waals surface area contributed by atoms with Gasteiger partial charge in [-0.25, -0.2) is 4.68 Å². The molecule has 0 amide bonds. The van der Waals surface area contributed by atoms with Gasteiger partial charge in [-0.3, -0.25) is 4.98 Å². The van der Waals surface area contributed by atoms with Gasteiger partial charge in [0.1, 0.15) is 0 Å². The fourth-order valence-electron chi connectivity index (χ4n) is 1.49. The topological polar surface area (TPSA) is 82.5 Å². The minimum absolute atomic E-state index is 0.630. The Balaban J connectivity index is 2.33.